The third-order valence-electron chi connectivity index (χ3n) is 7.31. The van der Waals surface area contributed by atoms with E-state index in [0.717, 1.165) is 33.6 Å². The lowest BCUT2D eigenvalue weighted by molar-refractivity contribution is -0.192. The Morgan fingerprint density at radius 2 is 1.53 bits per heavy atom. The molecule has 0 unspecified atom stereocenters. The fourth-order valence-corrected chi connectivity index (χ4v) is 4.80. The summed E-state index contributed by atoms with van der Waals surface area (Å²) in [5.41, 5.74) is 17.1. The largest absolute Gasteiger partial charge is 0.508 e. The number of aliphatic carboxylic acids is 1. The first kappa shape index (κ1) is 38.1. The van der Waals surface area contributed by atoms with Crippen LogP contribution in [-0.4, -0.2) is 71.9 Å². The van der Waals surface area contributed by atoms with E-state index in [4.69, 9.17) is 26.1 Å². The van der Waals surface area contributed by atoms with Gasteiger partial charge in [0.05, 0.1) is 13.2 Å². The van der Waals surface area contributed by atoms with E-state index in [0.29, 0.717) is 44.6 Å². The van der Waals surface area contributed by atoms with Gasteiger partial charge in [-0.2, -0.15) is 13.2 Å². The molecular formula is C36H39F3N4O6. The molecule has 4 aromatic rings. The average molecular weight is 681 g/mol. The summed E-state index contributed by atoms with van der Waals surface area (Å²) in [6.07, 6.45) is -4.09. The average Bonchev–Trinajstić information content (AvgIpc) is 3.09. The van der Waals surface area contributed by atoms with E-state index in [-0.39, 0.29) is 17.6 Å². The van der Waals surface area contributed by atoms with Crippen molar-refractivity contribution in [3.63, 3.8) is 0 Å². The minimum Gasteiger partial charge on any atom is -0.508 e. The molecule has 0 aliphatic heterocycles. The number of carbonyl (C=O) groups excluding carboxylic acids is 2. The number of methoxy groups -OCH3 is 1. The second kappa shape index (κ2) is 18.2. The van der Waals surface area contributed by atoms with E-state index >= 15 is 0 Å². The summed E-state index contributed by atoms with van der Waals surface area (Å²) in [4.78, 5) is 37.2. The van der Waals surface area contributed by atoms with Gasteiger partial charge in [-0.05, 0) is 77.1 Å². The van der Waals surface area contributed by atoms with Gasteiger partial charge < -0.3 is 36.6 Å². The van der Waals surface area contributed by atoms with Crippen LogP contribution in [0.4, 0.5) is 13.2 Å². The maximum atomic E-state index is 13.7. The minimum atomic E-state index is -5.08. The standard InChI is InChI=1S/C34H38N4O4.C2HF3O2/c1-42-29-15-11-24(12-16-29)17-20-38(34(41)32(36)22-25-9-13-28(39)14-10-25)23-26-5-4-6-27(21-26)30-7-2-3-8-31(30)33(40)37-19-18-35;3-2(4,5)1(6)7/h2-16,21,32,39H,17-20,22-23,35-36H2,1H3,(H,37,40);(H,6,7)/t32-;/m0./s1. The Balaban J connectivity index is 0.000000838. The Morgan fingerprint density at radius 1 is 0.898 bits per heavy atom. The molecule has 0 aliphatic rings. The highest BCUT2D eigenvalue weighted by atomic mass is 19.4. The van der Waals surface area contributed by atoms with Gasteiger partial charge in [0, 0.05) is 31.7 Å². The lowest BCUT2D eigenvalue weighted by atomic mass is 9.97. The number of carboxylic acid groups (broad SMARTS) is 1. The van der Waals surface area contributed by atoms with Crippen molar-refractivity contribution >= 4 is 17.8 Å². The van der Waals surface area contributed by atoms with Crippen LogP contribution in [0.2, 0.25) is 0 Å². The predicted molar refractivity (Wildman–Crippen MR) is 179 cm³/mol. The number of alkyl halides is 3. The first-order valence-electron chi connectivity index (χ1n) is 15.2. The minimum absolute atomic E-state index is 0.163. The Kier molecular flexibility index (Phi) is 14.2. The maximum Gasteiger partial charge on any atom is 0.490 e. The molecule has 4 rings (SSSR count). The van der Waals surface area contributed by atoms with E-state index in [2.05, 4.69) is 5.32 Å². The zero-order chi connectivity index (χ0) is 36.0. The predicted octanol–water partition coefficient (Wildman–Crippen LogP) is 4.53. The topological polar surface area (TPSA) is 168 Å². The van der Waals surface area contributed by atoms with Gasteiger partial charge in [-0.3, -0.25) is 9.59 Å². The van der Waals surface area contributed by atoms with Crippen molar-refractivity contribution in [1.82, 2.24) is 10.2 Å². The van der Waals surface area contributed by atoms with Crippen molar-refractivity contribution < 1.29 is 42.5 Å². The summed E-state index contributed by atoms with van der Waals surface area (Å²) in [7, 11) is 1.63. The molecule has 10 nitrogen and oxygen atoms in total. The lowest BCUT2D eigenvalue weighted by Crippen LogP contribution is -2.45. The number of nitrogens with zero attached hydrogens (tertiary/aromatic N) is 1. The molecule has 0 heterocycles. The Hall–Kier alpha value is -5.40. The first-order chi connectivity index (χ1) is 23.3. The van der Waals surface area contributed by atoms with Gasteiger partial charge in [0.1, 0.15) is 11.5 Å². The summed E-state index contributed by atoms with van der Waals surface area (Å²) in [6, 6.07) is 29.1. The number of rotatable bonds is 13. The van der Waals surface area contributed by atoms with Gasteiger partial charge in [-0.15, -0.1) is 0 Å². The molecule has 0 aromatic heterocycles. The van der Waals surface area contributed by atoms with Gasteiger partial charge in [0.15, 0.2) is 0 Å². The molecule has 13 heteroatoms. The van der Waals surface area contributed by atoms with Crippen LogP contribution in [0.15, 0.2) is 97.1 Å². The van der Waals surface area contributed by atoms with Crippen LogP contribution in [0.1, 0.15) is 27.0 Å². The number of halogens is 3. The van der Waals surface area contributed by atoms with Gasteiger partial charge in [-0.1, -0.05) is 60.7 Å². The van der Waals surface area contributed by atoms with E-state index in [9.17, 15) is 27.9 Å². The molecule has 0 bridgehead atoms. The van der Waals surface area contributed by atoms with Gasteiger partial charge in [0.25, 0.3) is 5.91 Å². The van der Waals surface area contributed by atoms with Crippen molar-refractivity contribution in [1.29, 1.82) is 0 Å². The van der Waals surface area contributed by atoms with Crippen molar-refractivity contribution in [2.24, 2.45) is 11.5 Å². The Bertz CT molecular complexity index is 1680. The van der Waals surface area contributed by atoms with E-state index < -0.39 is 18.2 Å². The van der Waals surface area contributed by atoms with Crippen molar-refractivity contribution in [2.45, 2.75) is 31.6 Å². The number of carbonyl (C=O) groups is 3. The number of phenols is 1. The number of ether oxygens (including phenoxy) is 1. The number of hydrogen-bond acceptors (Lipinski definition) is 7. The molecule has 0 aliphatic carbocycles. The van der Waals surface area contributed by atoms with E-state index in [1.807, 2.05) is 66.7 Å². The number of aromatic hydroxyl groups is 1. The van der Waals surface area contributed by atoms with E-state index in [1.165, 1.54) is 0 Å². The zero-order valence-electron chi connectivity index (χ0n) is 26.8. The quantitative estimate of drug-likeness (QED) is 0.137. The van der Waals surface area contributed by atoms with Gasteiger partial charge in [0.2, 0.25) is 5.91 Å². The molecule has 49 heavy (non-hydrogen) atoms. The second-order valence-corrected chi connectivity index (χ2v) is 10.9. The number of carboxylic acids is 1. The van der Waals surface area contributed by atoms with Crippen LogP contribution in [0.3, 0.4) is 0 Å². The number of benzene rings is 4. The molecule has 4 aromatic carbocycles. The molecule has 0 spiro atoms. The molecule has 1 atom stereocenters. The number of phenolic OH excluding ortho intramolecular Hbond substituents is 1. The van der Waals surface area contributed by atoms with Crippen LogP contribution in [0, 0.1) is 0 Å². The van der Waals surface area contributed by atoms with Crippen molar-refractivity contribution in [3.8, 4) is 22.6 Å². The lowest BCUT2D eigenvalue weighted by Gasteiger charge is -2.26. The van der Waals surface area contributed by atoms with Gasteiger partial charge >= 0.3 is 12.1 Å². The van der Waals surface area contributed by atoms with Crippen LogP contribution >= 0.6 is 0 Å². The molecule has 260 valence electrons. The number of amides is 2. The number of hydrogen-bond donors (Lipinski definition) is 5. The van der Waals surface area contributed by atoms with Crippen LogP contribution in [-0.2, 0) is 29.0 Å². The molecule has 0 saturated heterocycles. The van der Waals surface area contributed by atoms with Crippen molar-refractivity contribution in [3.05, 3.63) is 119 Å². The zero-order valence-corrected chi connectivity index (χ0v) is 26.8. The fourth-order valence-electron chi connectivity index (χ4n) is 4.80. The number of nitrogens with two attached hydrogens (primary N) is 2. The normalized spacial score (nSPS) is 11.5. The summed E-state index contributed by atoms with van der Waals surface area (Å²) >= 11 is 0. The van der Waals surface area contributed by atoms with Crippen molar-refractivity contribution in [2.75, 3.05) is 26.7 Å². The first-order valence-corrected chi connectivity index (χ1v) is 15.2. The smallest absolute Gasteiger partial charge is 0.490 e. The SMILES string of the molecule is COc1ccc(CCN(Cc2cccc(-c3ccccc3C(=O)NCCN)c2)C(=O)[C@@H](N)Cc2ccc(O)cc2)cc1.O=C(O)C(F)(F)F. The molecule has 0 fully saturated rings. The molecule has 7 N–H and O–H groups in total. The summed E-state index contributed by atoms with van der Waals surface area (Å²) in [5.74, 6) is -2.16. The third kappa shape index (κ3) is 12.0. The molecule has 0 radical (unpaired) electrons. The summed E-state index contributed by atoms with van der Waals surface area (Å²) < 4.78 is 37.0. The number of nitrogens with one attached hydrogen (secondary N) is 1. The summed E-state index contributed by atoms with van der Waals surface area (Å²) in [5, 5.41) is 19.6. The highest BCUT2D eigenvalue weighted by Crippen LogP contribution is 2.26. The maximum absolute atomic E-state index is 13.7. The van der Waals surface area contributed by atoms with Gasteiger partial charge in [-0.25, -0.2) is 4.79 Å². The van der Waals surface area contributed by atoms with Crippen LogP contribution in [0.5, 0.6) is 11.5 Å². The highest BCUT2D eigenvalue weighted by molar-refractivity contribution is 6.00. The fraction of sp³-hybridized carbons (Fsp3) is 0.250. The summed E-state index contributed by atoms with van der Waals surface area (Å²) in [6.45, 7) is 1.58. The van der Waals surface area contributed by atoms with Crippen LogP contribution < -0.4 is 21.5 Å². The molecule has 2 amide bonds. The molecule has 0 saturated carbocycles. The Morgan fingerprint density at radius 3 is 2.14 bits per heavy atom. The second-order valence-electron chi connectivity index (χ2n) is 10.9. The highest BCUT2D eigenvalue weighted by Gasteiger charge is 2.38. The molecular weight excluding hydrogens is 641 g/mol. The monoisotopic (exact) mass is 680 g/mol. The third-order valence-corrected chi connectivity index (χ3v) is 7.31. The Labute approximate surface area is 282 Å². The van der Waals surface area contributed by atoms with E-state index in [1.54, 1.807) is 42.3 Å². The van der Waals surface area contributed by atoms with Crippen LogP contribution in [0.25, 0.3) is 11.1 Å².